The summed E-state index contributed by atoms with van der Waals surface area (Å²) in [6.07, 6.45) is 1.25. The molecule has 0 aromatic heterocycles. The average Bonchev–Trinajstić information content (AvgIpc) is 2.87. The molecule has 0 fully saturated rings. The number of halogens is 1. The molecule has 0 bridgehead atoms. The summed E-state index contributed by atoms with van der Waals surface area (Å²) in [5.74, 6) is 0.381. The minimum Gasteiger partial charge on any atom is -0.494 e. The van der Waals surface area contributed by atoms with Crippen molar-refractivity contribution in [2.75, 3.05) is 6.61 Å². The van der Waals surface area contributed by atoms with E-state index >= 15 is 0 Å². The molecule has 4 N–H and O–H groups in total. The van der Waals surface area contributed by atoms with Gasteiger partial charge in [0.2, 0.25) is 11.8 Å². The zero-order chi connectivity index (χ0) is 25.0. The number of nitrogens with one attached hydrogen (secondary N) is 2. The van der Waals surface area contributed by atoms with Gasteiger partial charge in [-0.15, -0.1) is 0 Å². The van der Waals surface area contributed by atoms with Crippen molar-refractivity contribution in [2.45, 2.75) is 45.3 Å². The molecule has 0 aliphatic heterocycles. The largest absolute Gasteiger partial charge is 0.494 e. The number of hydrogen-bond acceptors (Lipinski definition) is 4. The molecular formula is C28H32ClN3O3. The van der Waals surface area contributed by atoms with Crippen LogP contribution in [-0.4, -0.2) is 24.5 Å². The van der Waals surface area contributed by atoms with Crippen LogP contribution in [0.5, 0.6) is 5.75 Å². The van der Waals surface area contributed by atoms with Gasteiger partial charge in [-0.1, -0.05) is 66.2 Å². The van der Waals surface area contributed by atoms with E-state index in [9.17, 15) is 9.59 Å². The van der Waals surface area contributed by atoms with E-state index < -0.39 is 6.04 Å². The molecule has 1 unspecified atom stereocenters. The quantitative estimate of drug-likeness (QED) is 0.353. The van der Waals surface area contributed by atoms with Crippen molar-refractivity contribution in [3.63, 3.8) is 0 Å². The molecule has 0 saturated heterocycles. The highest BCUT2D eigenvalue weighted by molar-refractivity contribution is 6.31. The van der Waals surface area contributed by atoms with Crippen molar-refractivity contribution in [3.05, 3.63) is 100 Å². The fourth-order valence-electron chi connectivity index (χ4n) is 3.68. The number of carbonyl (C=O) groups is 2. The molecule has 0 radical (unpaired) electrons. The van der Waals surface area contributed by atoms with E-state index in [-0.39, 0.29) is 18.2 Å². The minimum absolute atomic E-state index is 0.176. The Morgan fingerprint density at radius 2 is 1.69 bits per heavy atom. The van der Waals surface area contributed by atoms with E-state index in [0.717, 1.165) is 28.0 Å². The Balaban J connectivity index is 1.60. The SMILES string of the molecule is CCOc1ccc(CCC(=O)NC(Cc2ccccc2)C(=O)NCc2ccc(CN)c(Cl)c2)cc1. The van der Waals surface area contributed by atoms with Crippen molar-refractivity contribution < 1.29 is 14.3 Å². The second-order valence-corrected chi connectivity index (χ2v) is 8.64. The molecule has 2 amide bonds. The molecule has 1 atom stereocenters. The van der Waals surface area contributed by atoms with Gasteiger partial charge < -0.3 is 21.1 Å². The van der Waals surface area contributed by atoms with Crippen LogP contribution in [0.25, 0.3) is 0 Å². The lowest BCUT2D eigenvalue weighted by atomic mass is 10.0. The van der Waals surface area contributed by atoms with Crippen LogP contribution in [0.2, 0.25) is 5.02 Å². The van der Waals surface area contributed by atoms with Crippen LogP contribution in [0.1, 0.15) is 35.6 Å². The van der Waals surface area contributed by atoms with Gasteiger partial charge in [-0.3, -0.25) is 9.59 Å². The number of amides is 2. The highest BCUT2D eigenvalue weighted by Crippen LogP contribution is 2.17. The zero-order valence-corrected chi connectivity index (χ0v) is 20.7. The predicted octanol–water partition coefficient (Wildman–Crippen LogP) is 4.17. The van der Waals surface area contributed by atoms with Crippen molar-refractivity contribution in [1.29, 1.82) is 0 Å². The first-order valence-electron chi connectivity index (χ1n) is 11.8. The summed E-state index contributed by atoms with van der Waals surface area (Å²) >= 11 is 6.24. The van der Waals surface area contributed by atoms with Crippen LogP contribution >= 0.6 is 11.6 Å². The van der Waals surface area contributed by atoms with Gasteiger partial charge in [0.15, 0.2) is 0 Å². The second kappa shape index (κ2) is 13.5. The fourth-order valence-corrected chi connectivity index (χ4v) is 3.96. The lowest BCUT2D eigenvalue weighted by molar-refractivity contribution is -0.129. The van der Waals surface area contributed by atoms with Crippen molar-refractivity contribution in [3.8, 4) is 5.75 Å². The van der Waals surface area contributed by atoms with E-state index in [1.165, 1.54) is 0 Å². The van der Waals surface area contributed by atoms with Crippen LogP contribution in [0.3, 0.4) is 0 Å². The molecule has 184 valence electrons. The van der Waals surface area contributed by atoms with Gasteiger partial charge >= 0.3 is 0 Å². The second-order valence-electron chi connectivity index (χ2n) is 8.23. The maximum absolute atomic E-state index is 13.0. The molecule has 3 aromatic rings. The molecule has 0 aliphatic rings. The Kier molecular flexibility index (Phi) is 10.1. The molecule has 0 saturated carbocycles. The Morgan fingerprint density at radius 3 is 2.34 bits per heavy atom. The number of ether oxygens (including phenoxy) is 1. The summed E-state index contributed by atoms with van der Waals surface area (Å²) in [5.41, 5.74) is 9.38. The van der Waals surface area contributed by atoms with Gasteiger partial charge in [0.1, 0.15) is 11.8 Å². The molecule has 35 heavy (non-hydrogen) atoms. The van der Waals surface area contributed by atoms with Gasteiger partial charge in [0, 0.05) is 31.0 Å². The molecular weight excluding hydrogens is 462 g/mol. The topological polar surface area (TPSA) is 93.4 Å². The summed E-state index contributed by atoms with van der Waals surface area (Å²) in [7, 11) is 0. The van der Waals surface area contributed by atoms with Gasteiger partial charge in [0.25, 0.3) is 0 Å². The summed E-state index contributed by atoms with van der Waals surface area (Å²) in [6.45, 7) is 3.20. The molecule has 3 aromatic carbocycles. The Morgan fingerprint density at radius 1 is 0.971 bits per heavy atom. The third-order valence-electron chi connectivity index (χ3n) is 5.61. The maximum Gasteiger partial charge on any atom is 0.243 e. The number of hydrogen-bond donors (Lipinski definition) is 3. The monoisotopic (exact) mass is 493 g/mol. The Hall–Kier alpha value is -3.35. The van der Waals surface area contributed by atoms with Crippen LogP contribution in [-0.2, 0) is 35.5 Å². The van der Waals surface area contributed by atoms with E-state index in [1.807, 2.05) is 73.7 Å². The first kappa shape index (κ1) is 26.3. The van der Waals surface area contributed by atoms with E-state index in [1.54, 1.807) is 6.07 Å². The van der Waals surface area contributed by atoms with Crippen molar-refractivity contribution >= 4 is 23.4 Å². The number of benzene rings is 3. The van der Waals surface area contributed by atoms with Gasteiger partial charge in [-0.05, 0) is 53.8 Å². The summed E-state index contributed by atoms with van der Waals surface area (Å²) < 4.78 is 5.46. The molecule has 3 rings (SSSR count). The normalized spacial score (nSPS) is 11.5. The summed E-state index contributed by atoms with van der Waals surface area (Å²) in [4.78, 5) is 25.8. The lowest BCUT2D eigenvalue weighted by Crippen LogP contribution is -2.47. The summed E-state index contributed by atoms with van der Waals surface area (Å²) in [5, 5.41) is 6.41. The first-order chi connectivity index (χ1) is 17.0. The van der Waals surface area contributed by atoms with Crippen LogP contribution in [0, 0.1) is 0 Å². The lowest BCUT2D eigenvalue weighted by Gasteiger charge is -2.19. The van der Waals surface area contributed by atoms with E-state index in [0.29, 0.717) is 37.6 Å². The van der Waals surface area contributed by atoms with Crippen molar-refractivity contribution in [2.24, 2.45) is 5.73 Å². The van der Waals surface area contributed by atoms with Crippen LogP contribution < -0.4 is 21.1 Å². The van der Waals surface area contributed by atoms with Crippen LogP contribution in [0.4, 0.5) is 0 Å². The highest BCUT2D eigenvalue weighted by atomic mass is 35.5. The van der Waals surface area contributed by atoms with Gasteiger partial charge in [0.05, 0.1) is 6.61 Å². The number of nitrogens with two attached hydrogens (primary N) is 1. The third kappa shape index (κ3) is 8.42. The molecule has 7 heteroatoms. The maximum atomic E-state index is 13.0. The number of aryl methyl sites for hydroxylation is 1. The molecule has 0 spiro atoms. The zero-order valence-electron chi connectivity index (χ0n) is 19.9. The first-order valence-corrected chi connectivity index (χ1v) is 12.2. The smallest absolute Gasteiger partial charge is 0.243 e. The fraction of sp³-hybridized carbons (Fsp3) is 0.286. The van der Waals surface area contributed by atoms with E-state index in [2.05, 4.69) is 10.6 Å². The average molecular weight is 494 g/mol. The molecule has 6 nitrogen and oxygen atoms in total. The highest BCUT2D eigenvalue weighted by Gasteiger charge is 2.21. The van der Waals surface area contributed by atoms with Gasteiger partial charge in [-0.2, -0.15) is 0 Å². The van der Waals surface area contributed by atoms with Gasteiger partial charge in [-0.25, -0.2) is 0 Å². The number of carbonyl (C=O) groups excluding carboxylic acids is 2. The summed E-state index contributed by atoms with van der Waals surface area (Å²) in [6, 6.07) is 22.2. The molecule has 0 aliphatic carbocycles. The van der Waals surface area contributed by atoms with Crippen molar-refractivity contribution in [1.82, 2.24) is 10.6 Å². The minimum atomic E-state index is -0.691. The Labute approximate surface area is 211 Å². The predicted molar refractivity (Wildman–Crippen MR) is 139 cm³/mol. The van der Waals surface area contributed by atoms with E-state index in [4.69, 9.17) is 22.1 Å². The van der Waals surface area contributed by atoms with Crippen LogP contribution in [0.15, 0.2) is 72.8 Å². The third-order valence-corrected chi connectivity index (χ3v) is 5.97. The molecule has 0 heterocycles. The standard InChI is InChI=1S/C28H32ClN3O3/c1-2-35-24-13-9-20(10-14-24)11-15-27(33)32-26(17-21-6-4-3-5-7-21)28(34)31-19-22-8-12-23(18-30)25(29)16-22/h3-10,12-14,16,26H,2,11,15,17-19,30H2,1H3,(H,31,34)(H,32,33). The Bertz CT molecular complexity index is 1100. The number of rotatable bonds is 12.